The van der Waals surface area contributed by atoms with Gasteiger partial charge in [-0.2, -0.15) is 0 Å². The van der Waals surface area contributed by atoms with Gasteiger partial charge in [-0.15, -0.1) is 0 Å². The van der Waals surface area contributed by atoms with E-state index in [1.807, 2.05) is 19.1 Å². The zero-order chi connectivity index (χ0) is 12.4. The van der Waals surface area contributed by atoms with E-state index in [0.29, 0.717) is 6.42 Å². The number of rotatable bonds is 4. The van der Waals surface area contributed by atoms with E-state index in [9.17, 15) is 9.59 Å². The van der Waals surface area contributed by atoms with E-state index < -0.39 is 11.9 Å². The number of aromatic nitrogens is 1. The number of aliphatic carboxylic acids is 1. The first-order valence-corrected chi connectivity index (χ1v) is 5.52. The van der Waals surface area contributed by atoms with Crippen LogP contribution in [0.5, 0.6) is 0 Å². The third kappa shape index (κ3) is 2.61. The van der Waals surface area contributed by atoms with Crippen molar-refractivity contribution in [2.75, 3.05) is 0 Å². The van der Waals surface area contributed by atoms with Crippen molar-refractivity contribution in [1.29, 1.82) is 0 Å². The topological polar surface area (TPSA) is 79.3 Å². The van der Waals surface area contributed by atoms with Crippen LogP contribution in [-0.4, -0.2) is 22.0 Å². The van der Waals surface area contributed by atoms with Crippen LogP contribution >= 0.6 is 0 Å². The number of nitrogens with zero attached hydrogens (tertiary/aromatic N) is 1. The quantitative estimate of drug-likeness (QED) is 0.813. The summed E-state index contributed by atoms with van der Waals surface area (Å²) in [5.41, 5.74) is 0.959. The van der Waals surface area contributed by atoms with Crippen molar-refractivity contribution in [3.8, 4) is 0 Å². The van der Waals surface area contributed by atoms with Gasteiger partial charge in [0.15, 0.2) is 0 Å². The summed E-state index contributed by atoms with van der Waals surface area (Å²) in [6.45, 7) is 1.87. The highest BCUT2D eigenvalue weighted by atomic mass is 16.4. The Labute approximate surface area is 98.9 Å². The zero-order valence-electron chi connectivity index (χ0n) is 9.46. The molecule has 1 heterocycles. The molecule has 0 spiro atoms. The van der Waals surface area contributed by atoms with Crippen LogP contribution in [0.1, 0.15) is 24.9 Å². The van der Waals surface area contributed by atoms with E-state index in [4.69, 9.17) is 5.11 Å². The van der Waals surface area contributed by atoms with Crippen molar-refractivity contribution in [2.24, 2.45) is 11.8 Å². The minimum Gasteiger partial charge on any atom is -0.481 e. The van der Waals surface area contributed by atoms with Gasteiger partial charge in [-0.3, -0.25) is 14.6 Å². The average molecular weight is 234 g/mol. The molecule has 90 valence electrons. The van der Waals surface area contributed by atoms with E-state index in [1.165, 1.54) is 0 Å². The molecule has 5 heteroatoms. The molecule has 1 aliphatic carbocycles. The van der Waals surface area contributed by atoms with E-state index in [0.717, 1.165) is 5.56 Å². The monoisotopic (exact) mass is 234 g/mol. The van der Waals surface area contributed by atoms with Crippen LogP contribution in [0.2, 0.25) is 0 Å². The molecule has 1 aromatic rings. The van der Waals surface area contributed by atoms with Crippen LogP contribution in [0.4, 0.5) is 0 Å². The maximum Gasteiger partial charge on any atom is 0.307 e. The highest BCUT2D eigenvalue weighted by molar-refractivity contribution is 5.89. The van der Waals surface area contributed by atoms with Gasteiger partial charge >= 0.3 is 5.97 Å². The molecule has 5 nitrogen and oxygen atoms in total. The van der Waals surface area contributed by atoms with Crippen molar-refractivity contribution in [1.82, 2.24) is 10.3 Å². The first kappa shape index (κ1) is 11.6. The van der Waals surface area contributed by atoms with Gasteiger partial charge in [0.25, 0.3) is 0 Å². The molecular weight excluding hydrogens is 220 g/mol. The molecule has 1 aromatic heterocycles. The zero-order valence-corrected chi connectivity index (χ0v) is 9.46. The predicted octanol–water partition coefficient (Wildman–Crippen LogP) is 0.979. The number of hydrogen-bond donors (Lipinski definition) is 2. The van der Waals surface area contributed by atoms with Crippen LogP contribution in [-0.2, 0) is 9.59 Å². The first-order valence-electron chi connectivity index (χ1n) is 5.52. The number of carbonyl (C=O) groups excluding carboxylic acids is 1. The van der Waals surface area contributed by atoms with Crippen LogP contribution < -0.4 is 5.32 Å². The minimum absolute atomic E-state index is 0.124. The van der Waals surface area contributed by atoms with Gasteiger partial charge in [0, 0.05) is 12.4 Å². The van der Waals surface area contributed by atoms with Crippen molar-refractivity contribution in [2.45, 2.75) is 19.4 Å². The van der Waals surface area contributed by atoms with Gasteiger partial charge in [0.1, 0.15) is 0 Å². The summed E-state index contributed by atoms with van der Waals surface area (Å²) in [6, 6.07) is 3.53. The molecule has 1 aliphatic rings. The molecule has 3 atom stereocenters. The predicted molar refractivity (Wildman–Crippen MR) is 60.0 cm³/mol. The molecule has 0 bridgehead atoms. The van der Waals surface area contributed by atoms with Gasteiger partial charge in [-0.25, -0.2) is 0 Å². The molecule has 2 rings (SSSR count). The maximum absolute atomic E-state index is 11.7. The molecule has 0 aliphatic heterocycles. The second-order valence-corrected chi connectivity index (χ2v) is 4.30. The van der Waals surface area contributed by atoms with Crippen LogP contribution in [0.25, 0.3) is 0 Å². The third-order valence-corrected chi connectivity index (χ3v) is 3.01. The highest BCUT2D eigenvalue weighted by Gasteiger charge is 2.48. The summed E-state index contributed by atoms with van der Waals surface area (Å²) < 4.78 is 0. The Balaban J connectivity index is 1.90. The Kier molecular flexibility index (Phi) is 3.08. The Morgan fingerprint density at radius 2 is 2.06 bits per heavy atom. The Hall–Kier alpha value is -1.91. The smallest absolute Gasteiger partial charge is 0.307 e. The van der Waals surface area contributed by atoms with E-state index in [1.54, 1.807) is 12.4 Å². The molecule has 0 radical (unpaired) electrons. The Bertz CT molecular complexity index is 433. The summed E-state index contributed by atoms with van der Waals surface area (Å²) in [7, 11) is 0. The summed E-state index contributed by atoms with van der Waals surface area (Å²) in [5.74, 6) is -1.93. The van der Waals surface area contributed by atoms with Crippen molar-refractivity contribution in [3.05, 3.63) is 30.1 Å². The number of pyridine rings is 1. The van der Waals surface area contributed by atoms with Crippen molar-refractivity contribution < 1.29 is 14.7 Å². The van der Waals surface area contributed by atoms with Crippen LogP contribution in [0.3, 0.4) is 0 Å². The average Bonchev–Trinajstić information content (AvgIpc) is 3.10. The fraction of sp³-hybridized carbons (Fsp3) is 0.417. The number of carboxylic acids is 1. The summed E-state index contributed by atoms with van der Waals surface area (Å²) in [6.07, 6.45) is 3.77. The second kappa shape index (κ2) is 4.53. The lowest BCUT2D eigenvalue weighted by atomic mass is 10.1. The molecular formula is C12H14N2O3. The lowest BCUT2D eigenvalue weighted by Gasteiger charge is -2.13. The molecule has 0 aromatic carbocycles. The highest BCUT2D eigenvalue weighted by Crippen LogP contribution is 2.39. The van der Waals surface area contributed by atoms with Crippen LogP contribution in [0, 0.1) is 11.8 Å². The van der Waals surface area contributed by atoms with E-state index in [2.05, 4.69) is 10.3 Å². The number of hydrogen-bond acceptors (Lipinski definition) is 3. The molecule has 0 saturated heterocycles. The number of carboxylic acid groups (broad SMARTS) is 1. The largest absolute Gasteiger partial charge is 0.481 e. The van der Waals surface area contributed by atoms with Gasteiger partial charge in [0.05, 0.1) is 17.9 Å². The second-order valence-electron chi connectivity index (χ2n) is 4.30. The lowest BCUT2D eigenvalue weighted by Crippen LogP contribution is -2.29. The number of carbonyl (C=O) groups is 2. The van der Waals surface area contributed by atoms with Crippen LogP contribution in [0.15, 0.2) is 24.5 Å². The Morgan fingerprint density at radius 3 is 2.59 bits per heavy atom. The third-order valence-electron chi connectivity index (χ3n) is 3.01. The minimum atomic E-state index is -0.887. The van der Waals surface area contributed by atoms with Gasteiger partial charge in [0.2, 0.25) is 5.91 Å². The fourth-order valence-corrected chi connectivity index (χ4v) is 1.81. The number of nitrogens with one attached hydrogen (secondary N) is 1. The maximum atomic E-state index is 11.7. The molecule has 17 heavy (non-hydrogen) atoms. The Morgan fingerprint density at radius 1 is 1.41 bits per heavy atom. The fourth-order valence-electron chi connectivity index (χ4n) is 1.81. The molecule has 1 amide bonds. The van der Waals surface area contributed by atoms with Crippen molar-refractivity contribution >= 4 is 11.9 Å². The molecule has 1 saturated carbocycles. The molecule has 2 N–H and O–H groups in total. The first-order chi connectivity index (χ1) is 8.09. The summed E-state index contributed by atoms with van der Waals surface area (Å²) in [4.78, 5) is 26.3. The lowest BCUT2D eigenvalue weighted by molar-refractivity contribution is -0.140. The number of amides is 1. The summed E-state index contributed by atoms with van der Waals surface area (Å²) >= 11 is 0. The standard InChI is InChI=1S/C12H14N2O3/c1-7(8-2-4-13-5-3-8)14-11(15)9-6-10(9)12(16)17/h2-5,7,9-10H,6H2,1H3,(H,14,15)(H,16,17)/t7-,9?,10?/m1/s1. The van der Waals surface area contributed by atoms with E-state index in [-0.39, 0.29) is 17.9 Å². The SMILES string of the molecule is C[C@@H](NC(=O)C1CC1C(=O)O)c1ccncc1. The molecule has 2 unspecified atom stereocenters. The van der Waals surface area contributed by atoms with Gasteiger partial charge in [-0.1, -0.05) is 0 Å². The van der Waals surface area contributed by atoms with E-state index >= 15 is 0 Å². The molecule has 1 fully saturated rings. The normalized spacial score (nSPS) is 23.8. The summed E-state index contributed by atoms with van der Waals surface area (Å²) in [5, 5.41) is 11.5. The van der Waals surface area contributed by atoms with Gasteiger partial charge in [-0.05, 0) is 31.0 Å². The van der Waals surface area contributed by atoms with Gasteiger partial charge < -0.3 is 10.4 Å². The van der Waals surface area contributed by atoms with Crippen molar-refractivity contribution in [3.63, 3.8) is 0 Å².